The smallest absolute Gasteiger partial charge is 0.0146 e. The molecule has 3 atom stereocenters. The molecular formula is C8H12. The van der Waals surface area contributed by atoms with Crippen molar-refractivity contribution in [2.45, 2.75) is 19.8 Å². The van der Waals surface area contributed by atoms with Gasteiger partial charge in [0.25, 0.3) is 0 Å². The van der Waals surface area contributed by atoms with Crippen molar-refractivity contribution in [3.05, 3.63) is 12.2 Å². The molecule has 2 saturated carbocycles. The zero-order valence-corrected chi connectivity index (χ0v) is 5.35. The Balaban J connectivity index is 2.18. The van der Waals surface area contributed by atoms with E-state index in [1.807, 2.05) is 0 Å². The van der Waals surface area contributed by atoms with Gasteiger partial charge >= 0.3 is 0 Å². The van der Waals surface area contributed by atoms with Gasteiger partial charge in [0, 0.05) is 0 Å². The number of allylic oxidation sites excluding steroid dienone is 1. The van der Waals surface area contributed by atoms with Crippen LogP contribution in [0.5, 0.6) is 0 Å². The Hall–Kier alpha value is -0.260. The van der Waals surface area contributed by atoms with E-state index in [2.05, 4.69) is 13.5 Å². The van der Waals surface area contributed by atoms with Gasteiger partial charge in [-0.1, -0.05) is 19.1 Å². The first-order valence-electron chi connectivity index (χ1n) is 3.48. The van der Waals surface area contributed by atoms with Crippen molar-refractivity contribution in [1.82, 2.24) is 0 Å². The van der Waals surface area contributed by atoms with E-state index in [4.69, 9.17) is 0 Å². The van der Waals surface area contributed by atoms with E-state index in [1.54, 1.807) is 0 Å². The first-order valence-corrected chi connectivity index (χ1v) is 3.48. The van der Waals surface area contributed by atoms with Crippen molar-refractivity contribution in [2.75, 3.05) is 0 Å². The van der Waals surface area contributed by atoms with Gasteiger partial charge in [-0.15, -0.1) is 0 Å². The van der Waals surface area contributed by atoms with Crippen LogP contribution in [0.15, 0.2) is 12.2 Å². The van der Waals surface area contributed by atoms with Gasteiger partial charge in [-0.05, 0) is 30.6 Å². The summed E-state index contributed by atoms with van der Waals surface area (Å²) in [5, 5.41) is 0. The number of hydrogen-bond acceptors (Lipinski definition) is 0. The van der Waals surface area contributed by atoms with Crippen molar-refractivity contribution in [3.63, 3.8) is 0 Å². The molecule has 8 heavy (non-hydrogen) atoms. The fourth-order valence-electron chi connectivity index (χ4n) is 2.18. The minimum Gasteiger partial charge on any atom is -0.0996 e. The summed E-state index contributed by atoms with van der Waals surface area (Å²) in [6.45, 7) is 6.37. The maximum atomic E-state index is 4.03. The third-order valence-corrected chi connectivity index (χ3v) is 2.83. The van der Waals surface area contributed by atoms with Gasteiger partial charge in [0.1, 0.15) is 0 Å². The predicted molar refractivity (Wildman–Crippen MR) is 34.5 cm³/mol. The van der Waals surface area contributed by atoms with Gasteiger partial charge in [-0.3, -0.25) is 0 Å². The standard InChI is InChI=1S/C8H12/c1-5-3-4-7-6(2)8(5)7/h6-8H,1,3-4H2,2H3/t6?,7-,8+/m0/s1. The van der Waals surface area contributed by atoms with Gasteiger partial charge in [0.15, 0.2) is 0 Å². The van der Waals surface area contributed by atoms with Crippen LogP contribution in [0.4, 0.5) is 0 Å². The lowest BCUT2D eigenvalue weighted by atomic mass is 10.1. The highest BCUT2D eigenvalue weighted by atomic mass is 14.6. The van der Waals surface area contributed by atoms with Crippen LogP contribution in [0, 0.1) is 17.8 Å². The lowest BCUT2D eigenvalue weighted by Crippen LogP contribution is -1.81. The van der Waals surface area contributed by atoms with Crippen molar-refractivity contribution in [1.29, 1.82) is 0 Å². The van der Waals surface area contributed by atoms with Crippen LogP contribution >= 0.6 is 0 Å². The molecular weight excluding hydrogens is 96.1 g/mol. The van der Waals surface area contributed by atoms with Gasteiger partial charge in [0.2, 0.25) is 0 Å². The maximum absolute atomic E-state index is 4.03. The molecule has 2 fully saturated rings. The van der Waals surface area contributed by atoms with E-state index in [0.29, 0.717) is 0 Å². The van der Waals surface area contributed by atoms with Crippen LogP contribution in [0.25, 0.3) is 0 Å². The quantitative estimate of drug-likeness (QED) is 0.417. The molecule has 2 aliphatic rings. The molecule has 0 heteroatoms. The van der Waals surface area contributed by atoms with Crippen LogP contribution in [-0.2, 0) is 0 Å². The molecule has 0 aromatic rings. The average molecular weight is 108 g/mol. The molecule has 0 aliphatic heterocycles. The molecule has 0 nitrogen and oxygen atoms in total. The van der Waals surface area contributed by atoms with Crippen molar-refractivity contribution < 1.29 is 0 Å². The van der Waals surface area contributed by atoms with Crippen molar-refractivity contribution in [2.24, 2.45) is 17.8 Å². The molecule has 1 unspecified atom stereocenters. The molecule has 2 rings (SSSR count). The van der Waals surface area contributed by atoms with Crippen molar-refractivity contribution in [3.8, 4) is 0 Å². The highest BCUT2D eigenvalue weighted by molar-refractivity contribution is 5.21. The second-order valence-electron chi connectivity index (χ2n) is 3.25. The fraction of sp³-hybridized carbons (Fsp3) is 0.750. The number of fused-ring (bicyclic) bond motifs is 1. The molecule has 0 amide bonds. The Morgan fingerprint density at radius 2 is 2.38 bits per heavy atom. The second kappa shape index (κ2) is 1.18. The van der Waals surface area contributed by atoms with E-state index in [9.17, 15) is 0 Å². The first kappa shape index (κ1) is 4.60. The van der Waals surface area contributed by atoms with Gasteiger partial charge in [-0.2, -0.15) is 0 Å². The first-order chi connectivity index (χ1) is 3.80. The van der Waals surface area contributed by atoms with E-state index in [1.165, 1.54) is 18.4 Å². The molecule has 0 aromatic heterocycles. The molecule has 0 heterocycles. The van der Waals surface area contributed by atoms with Crippen LogP contribution in [0.2, 0.25) is 0 Å². The highest BCUT2D eigenvalue weighted by Gasteiger charge is 2.51. The second-order valence-corrected chi connectivity index (χ2v) is 3.25. The average Bonchev–Trinajstić information content (AvgIpc) is 2.13. The zero-order chi connectivity index (χ0) is 5.72. The summed E-state index contributed by atoms with van der Waals surface area (Å²) in [5.41, 5.74) is 1.53. The molecule has 0 radical (unpaired) electrons. The summed E-state index contributed by atoms with van der Waals surface area (Å²) in [5.74, 6) is 3.01. The van der Waals surface area contributed by atoms with E-state index < -0.39 is 0 Å². The summed E-state index contributed by atoms with van der Waals surface area (Å²) >= 11 is 0. The van der Waals surface area contributed by atoms with Crippen molar-refractivity contribution >= 4 is 0 Å². The third kappa shape index (κ3) is 0.367. The van der Waals surface area contributed by atoms with Crippen LogP contribution in [0.3, 0.4) is 0 Å². The van der Waals surface area contributed by atoms with Gasteiger partial charge < -0.3 is 0 Å². The summed E-state index contributed by atoms with van der Waals surface area (Å²) in [6.07, 6.45) is 2.75. The summed E-state index contributed by atoms with van der Waals surface area (Å²) in [7, 11) is 0. The molecule has 2 aliphatic carbocycles. The zero-order valence-electron chi connectivity index (χ0n) is 5.35. The third-order valence-electron chi connectivity index (χ3n) is 2.83. The predicted octanol–water partition coefficient (Wildman–Crippen LogP) is 2.22. The fourth-order valence-corrected chi connectivity index (χ4v) is 2.18. The molecule has 0 N–H and O–H groups in total. The van der Waals surface area contributed by atoms with Gasteiger partial charge in [-0.25, -0.2) is 0 Å². The van der Waals surface area contributed by atoms with Gasteiger partial charge in [0.05, 0.1) is 0 Å². The Labute approximate surface area is 50.6 Å². The Morgan fingerprint density at radius 1 is 1.62 bits per heavy atom. The molecule has 44 valence electrons. The van der Waals surface area contributed by atoms with Crippen LogP contribution < -0.4 is 0 Å². The molecule has 0 aromatic carbocycles. The summed E-state index contributed by atoms with van der Waals surface area (Å²) in [6, 6.07) is 0. The van der Waals surface area contributed by atoms with E-state index in [0.717, 1.165) is 17.8 Å². The number of rotatable bonds is 0. The van der Waals surface area contributed by atoms with Crippen LogP contribution in [-0.4, -0.2) is 0 Å². The Bertz CT molecular complexity index is 135. The number of hydrogen-bond donors (Lipinski definition) is 0. The summed E-state index contributed by atoms with van der Waals surface area (Å²) < 4.78 is 0. The highest BCUT2D eigenvalue weighted by Crippen LogP contribution is 2.59. The minimum absolute atomic E-state index is 0.954. The van der Waals surface area contributed by atoms with E-state index in [-0.39, 0.29) is 0 Å². The maximum Gasteiger partial charge on any atom is -0.0146 e. The monoisotopic (exact) mass is 108 g/mol. The summed E-state index contributed by atoms with van der Waals surface area (Å²) in [4.78, 5) is 0. The lowest BCUT2D eigenvalue weighted by Gasteiger charge is -1.95. The lowest BCUT2D eigenvalue weighted by molar-refractivity contribution is 0.689. The molecule has 0 bridgehead atoms. The minimum atomic E-state index is 0.954. The SMILES string of the molecule is C=C1CC[C@H]2C(C)[C@@H]12. The Kier molecular flexibility index (Phi) is 0.677. The van der Waals surface area contributed by atoms with Crippen LogP contribution in [0.1, 0.15) is 19.8 Å². The molecule has 0 spiro atoms. The Morgan fingerprint density at radius 3 is 2.62 bits per heavy atom. The molecule has 0 saturated heterocycles. The topological polar surface area (TPSA) is 0 Å². The van der Waals surface area contributed by atoms with E-state index >= 15 is 0 Å². The normalized spacial score (nSPS) is 51.6. The largest absolute Gasteiger partial charge is 0.0996 e.